The van der Waals surface area contributed by atoms with E-state index >= 15 is 0 Å². The number of esters is 2. The molecule has 2 aromatic heterocycles. The first-order valence-electron chi connectivity index (χ1n) is 14.8. The maximum absolute atomic E-state index is 13.8. The molecule has 8 nitrogen and oxygen atoms in total. The van der Waals surface area contributed by atoms with Gasteiger partial charge >= 0.3 is 11.9 Å². The highest BCUT2D eigenvalue weighted by Crippen LogP contribution is 2.44. The number of rotatable bonds is 6. The van der Waals surface area contributed by atoms with Crippen molar-refractivity contribution in [3.05, 3.63) is 57.1 Å². The second-order valence-electron chi connectivity index (χ2n) is 12.8. The first-order valence-corrected chi connectivity index (χ1v) is 15.6. The number of thiophene rings is 1. The van der Waals surface area contributed by atoms with Crippen LogP contribution >= 0.6 is 11.3 Å². The Bertz CT molecular complexity index is 1540. The average Bonchev–Trinajstić information content (AvgIpc) is 3.31. The minimum atomic E-state index is -1.09. The molecule has 224 valence electrons. The van der Waals surface area contributed by atoms with E-state index in [1.807, 2.05) is 24.3 Å². The van der Waals surface area contributed by atoms with E-state index in [-0.39, 0.29) is 5.41 Å². The summed E-state index contributed by atoms with van der Waals surface area (Å²) in [4.78, 5) is 48.3. The highest BCUT2D eigenvalue weighted by Gasteiger charge is 2.35. The minimum Gasteiger partial charge on any atom is -0.465 e. The molecule has 1 amide bonds. The summed E-state index contributed by atoms with van der Waals surface area (Å²) in [6.45, 7) is 14.0. The Morgan fingerprint density at radius 1 is 1.05 bits per heavy atom. The summed E-state index contributed by atoms with van der Waals surface area (Å²) < 4.78 is 10.9. The van der Waals surface area contributed by atoms with E-state index in [1.54, 1.807) is 6.92 Å². The number of amides is 1. The van der Waals surface area contributed by atoms with Crippen LogP contribution in [0.25, 0.3) is 10.9 Å². The molecule has 3 heterocycles. The molecule has 1 aliphatic carbocycles. The number of methoxy groups -OCH3 is 1. The van der Waals surface area contributed by atoms with E-state index in [0.717, 1.165) is 59.4 Å². The van der Waals surface area contributed by atoms with Crippen molar-refractivity contribution in [2.45, 2.75) is 85.9 Å². The molecule has 2 atom stereocenters. The zero-order chi connectivity index (χ0) is 30.3. The number of hydrogen-bond acceptors (Lipinski definition) is 8. The molecule has 0 fully saturated rings. The van der Waals surface area contributed by atoms with Gasteiger partial charge in [-0.3, -0.25) is 14.7 Å². The van der Waals surface area contributed by atoms with Gasteiger partial charge in [0.15, 0.2) is 6.10 Å². The summed E-state index contributed by atoms with van der Waals surface area (Å²) in [6, 6.07) is 7.87. The molecule has 9 heteroatoms. The number of nitrogens with one attached hydrogen (secondary N) is 1. The maximum atomic E-state index is 13.8. The number of para-hydroxylation sites is 1. The van der Waals surface area contributed by atoms with Gasteiger partial charge in [0, 0.05) is 47.1 Å². The van der Waals surface area contributed by atoms with Crippen molar-refractivity contribution >= 4 is 45.1 Å². The van der Waals surface area contributed by atoms with Crippen LogP contribution in [0, 0.1) is 11.3 Å². The van der Waals surface area contributed by atoms with E-state index in [0.29, 0.717) is 40.0 Å². The van der Waals surface area contributed by atoms with E-state index in [1.165, 1.54) is 18.4 Å². The minimum absolute atomic E-state index is 0.141. The standard InChI is InChI=1S/C33H41N3O5S/c1-18(2)36-15-14-25-23(17-36)27(21-10-8-9-11-24(21)34-25)32(39)41-19(3)29(37)35-30-28(31(38)40-7)22-13-12-20(33(4,5)6)16-26(22)42-30/h8-11,18-20H,12-17H2,1-7H3,(H,35,37). The number of anilines is 1. The molecule has 1 N–H and O–H groups in total. The van der Waals surface area contributed by atoms with Crippen LogP contribution in [-0.4, -0.2) is 53.5 Å². The summed E-state index contributed by atoms with van der Waals surface area (Å²) >= 11 is 1.42. The number of hydrogen-bond donors (Lipinski definition) is 1. The van der Waals surface area contributed by atoms with Gasteiger partial charge in [-0.2, -0.15) is 0 Å². The average molecular weight is 592 g/mol. The van der Waals surface area contributed by atoms with Crippen molar-refractivity contribution in [3.8, 4) is 0 Å². The van der Waals surface area contributed by atoms with Crippen LogP contribution in [0.4, 0.5) is 5.00 Å². The predicted octanol–water partition coefficient (Wildman–Crippen LogP) is 6.18. The van der Waals surface area contributed by atoms with Gasteiger partial charge in [0.05, 0.1) is 23.8 Å². The molecule has 5 rings (SSSR count). The van der Waals surface area contributed by atoms with Gasteiger partial charge in [0.2, 0.25) is 0 Å². The second-order valence-corrected chi connectivity index (χ2v) is 13.9. The number of ether oxygens (including phenoxy) is 2. The fourth-order valence-electron chi connectivity index (χ4n) is 6.10. The molecule has 2 aliphatic rings. The summed E-state index contributed by atoms with van der Waals surface area (Å²) in [5, 5.41) is 4.06. The van der Waals surface area contributed by atoms with Crippen molar-refractivity contribution in [3.63, 3.8) is 0 Å². The van der Waals surface area contributed by atoms with Crippen LogP contribution in [0.15, 0.2) is 24.3 Å². The van der Waals surface area contributed by atoms with Crippen LogP contribution in [0.3, 0.4) is 0 Å². The van der Waals surface area contributed by atoms with Gasteiger partial charge in [-0.25, -0.2) is 9.59 Å². The van der Waals surface area contributed by atoms with Gasteiger partial charge in [0.25, 0.3) is 5.91 Å². The quantitative estimate of drug-likeness (QED) is 0.342. The molecule has 0 radical (unpaired) electrons. The first-order chi connectivity index (χ1) is 19.9. The number of aromatic nitrogens is 1. The Kier molecular flexibility index (Phi) is 8.45. The molecule has 0 bridgehead atoms. The molecular weight excluding hydrogens is 550 g/mol. The highest BCUT2D eigenvalue weighted by molar-refractivity contribution is 7.17. The predicted molar refractivity (Wildman–Crippen MR) is 165 cm³/mol. The van der Waals surface area contributed by atoms with Crippen LogP contribution in [0.1, 0.15) is 90.4 Å². The largest absolute Gasteiger partial charge is 0.465 e. The summed E-state index contributed by atoms with van der Waals surface area (Å²) in [5.74, 6) is -1.03. The van der Waals surface area contributed by atoms with E-state index in [4.69, 9.17) is 14.5 Å². The number of pyridine rings is 1. The van der Waals surface area contributed by atoms with Crippen molar-refractivity contribution in [1.82, 2.24) is 9.88 Å². The van der Waals surface area contributed by atoms with Crippen molar-refractivity contribution < 1.29 is 23.9 Å². The van der Waals surface area contributed by atoms with Crippen LogP contribution in [0.2, 0.25) is 0 Å². The third kappa shape index (κ3) is 5.81. The maximum Gasteiger partial charge on any atom is 0.341 e. The molecule has 0 saturated heterocycles. The Hall–Kier alpha value is -3.30. The monoisotopic (exact) mass is 591 g/mol. The molecule has 3 aromatic rings. The van der Waals surface area contributed by atoms with E-state index in [2.05, 4.69) is 44.8 Å². The topological polar surface area (TPSA) is 97.8 Å². The van der Waals surface area contributed by atoms with Crippen molar-refractivity contribution in [1.29, 1.82) is 0 Å². The lowest BCUT2D eigenvalue weighted by atomic mass is 9.72. The number of nitrogens with zero attached hydrogens (tertiary/aromatic N) is 2. The van der Waals surface area contributed by atoms with Crippen LogP contribution in [0.5, 0.6) is 0 Å². The number of carbonyl (C=O) groups is 3. The van der Waals surface area contributed by atoms with Gasteiger partial charge < -0.3 is 14.8 Å². The molecule has 1 aromatic carbocycles. The number of carbonyl (C=O) groups excluding carboxylic acids is 3. The fraction of sp³-hybridized carbons (Fsp3) is 0.515. The molecule has 0 saturated carbocycles. The summed E-state index contributed by atoms with van der Waals surface area (Å²) in [7, 11) is 1.35. The van der Waals surface area contributed by atoms with Gasteiger partial charge in [-0.1, -0.05) is 39.0 Å². The van der Waals surface area contributed by atoms with Crippen molar-refractivity contribution in [2.24, 2.45) is 11.3 Å². The van der Waals surface area contributed by atoms with Crippen LogP contribution in [-0.2, 0) is 40.1 Å². The smallest absolute Gasteiger partial charge is 0.341 e. The summed E-state index contributed by atoms with van der Waals surface area (Å²) in [6.07, 6.45) is 2.23. The third-order valence-corrected chi connectivity index (χ3v) is 9.95. The Balaban J connectivity index is 1.40. The number of benzene rings is 1. The second kappa shape index (κ2) is 11.8. The zero-order valence-corrected chi connectivity index (χ0v) is 26.4. The van der Waals surface area contributed by atoms with Gasteiger partial charge in [-0.15, -0.1) is 11.3 Å². The molecule has 42 heavy (non-hydrogen) atoms. The summed E-state index contributed by atoms with van der Waals surface area (Å²) in [5.41, 5.74) is 4.47. The lowest BCUT2D eigenvalue weighted by Crippen LogP contribution is -2.37. The molecule has 0 spiro atoms. The van der Waals surface area contributed by atoms with E-state index < -0.39 is 23.9 Å². The highest BCUT2D eigenvalue weighted by atomic mass is 32.1. The third-order valence-electron chi connectivity index (χ3n) is 8.78. The van der Waals surface area contributed by atoms with Crippen LogP contribution < -0.4 is 5.32 Å². The number of fused-ring (bicyclic) bond motifs is 3. The molecular formula is C33H41N3O5S. The van der Waals surface area contributed by atoms with Gasteiger partial charge in [0.1, 0.15) is 5.00 Å². The Labute approximate surface area is 251 Å². The van der Waals surface area contributed by atoms with E-state index in [9.17, 15) is 14.4 Å². The zero-order valence-electron chi connectivity index (χ0n) is 25.6. The molecule has 2 unspecified atom stereocenters. The Morgan fingerprint density at radius 2 is 1.79 bits per heavy atom. The lowest BCUT2D eigenvalue weighted by molar-refractivity contribution is -0.123. The van der Waals surface area contributed by atoms with Gasteiger partial charge in [-0.05, 0) is 63.0 Å². The lowest BCUT2D eigenvalue weighted by Gasteiger charge is -2.33. The molecule has 1 aliphatic heterocycles. The SMILES string of the molecule is COC(=O)c1c(NC(=O)C(C)OC(=O)c2c3c(nc4ccccc24)CCN(C(C)C)C3)sc2c1CCC(C(C)(C)C)C2. The first kappa shape index (κ1) is 30.2. The van der Waals surface area contributed by atoms with Crippen molar-refractivity contribution in [2.75, 3.05) is 19.0 Å². The normalized spacial score (nSPS) is 17.9. The Morgan fingerprint density at radius 3 is 2.48 bits per heavy atom. The fourth-order valence-corrected chi connectivity index (χ4v) is 7.42.